The Bertz CT molecular complexity index is 523. The SMILES string of the molecule is S=c1scc(C2CC2)n1-c1ccccn1. The second-order valence-corrected chi connectivity index (χ2v) is 5.23. The Kier molecular flexibility index (Phi) is 2.18. The molecule has 0 unspecified atom stereocenters. The van der Waals surface area contributed by atoms with Crippen molar-refractivity contribution in [3.05, 3.63) is 39.4 Å². The van der Waals surface area contributed by atoms with Gasteiger partial charge < -0.3 is 0 Å². The van der Waals surface area contributed by atoms with Gasteiger partial charge in [0.2, 0.25) is 0 Å². The summed E-state index contributed by atoms with van der Waals surface area (Å²) in [6.45, 7) is 0. The molecule has 0 atom stereocenters. The second kappa shape index (κ2) is 3.54. The molecule has 1 saturated carbocycles. The van der Waals surface area contributed by atoms with Crippen LogP contribution in [0.2, 0.25) is 0 Å². The number of rotatable bonds is 2. The smallest absolute Gasteiger partial charge is 0.167 e. The fourth-order valence-electron chi connectivity index (χ4n) is 1.69. The van der Waals surface area contributed by atoms with Crippen molar-refractivity contribution in [2.24, 2.45) is 0 Å². The summed E-state index contributed by atoms with van der Waals surface area (Å²) in [5, 5.41) is 2.18. The molecule has 0 N–H and O–H groups in total. The highest BCUT2D eigenvalue weighted by atomic mass is 32.1. The van der Waals surface area contributed by atoms with Crippen LogP contribution in [0.4, 0.5) is 0 Å². The minimum absolute atomic E-state index is 0.708. The predicted molar refractivity (Wildman–Crippen MR) is 64.3 cm³/mol. The van der Waals surface area contributed by atoms with Crippen molar-refractivity contribution >= 4 is 23.6 Å². The van der Waals surface area contributed by atoms with Crippen molar-refractivity contribution in [3.8, 4) is 5.82 Å². The molecule has 1 fully saturated rings. The summed E-state index contributed by atoms with van der Waals surface area (Å²) >= 11 is 6.98. The minimum atomic E-state index is 0.708. The van der Waals surface area contributed by atoms with Crippen LogP contribution in [-0.4, -0.2) is 9.55 Å². The number of aromatic nitrogens is 2. The van der Waals surface area contributed by atoms with Gasteiger partial charge in [-0.3, -0.25) is 4.57 Å². The Balaban J connectivity index is 2.18. The molecule has 0 saturated heterocycles. The van der Waals surface area contributed by atoms with E-state index in [1.54, 1.807) is 11.3 Å². The van der Waals surface area contributed by atoms with E-state index in [0.717, 1.165) is 9.77 Å². The number of hydrogen-bond acceptors (Lipinski definition) is 3. The van der Waals surface area contributed by atoms with Crippen LogP contribution in [0, 0.1) is 3.95 Å². The van der Waals surface area contributed by atoms with Gasteiger partial charge in [-0.2, -0.15) is 0 Å². The van der Waals surface area contributed by atoms with Crippen LogP contribution in [0.3, 0.4) is 0 Å². The van der Waals surface area contributed by atoms with Gasteiger partial charge in [-0.1, -0.05) is 6.07 Å². The first-order chi connectivity index (χ1) is 7.36. The van der Waals surface area contributed by atoms with Crippen LogP contribution in [0.5, 0.6) is 0 Å². The fourth-order valence-corrected chi connectivity index (χ4v) is 2.86. The van der Waals surface area contributed by atoms with Crippen LogP contribution >= 0.6 is 23.6 Å². The largest absolute Gasteiger partial charge is 0.280 e. The Morgan fingerprint density at radius 1 is 1.40 bits per heavy atom. The molecule has 15 heavy (non-hydrogen) atoms. The Morgan fingerprint density at radius 3 is 2.93 bits per heavy atom. The van der Waals surface area contributed by atoms with Crippen LogP contribution in [-0.2, 0) is 0 Å². The van der Waals surface area contributed by atoms with Crippen molar-refractivity contribution in [1.82, 2.24) is 9.55 Å². The van der Waals surface area contributed by atoms with Gasteiger partial charge in [0.15, 0.2) is 3.95 Å². The third-order valence-corrected chi connectivity index (χ3v) is 3.81. The molecule has 2 aromatic heterocycles. The summed E-state index contributed by atoms with van der Waals surface area (Å²) in [6.07, 6.45) is 4.39. The molecule has 0 aliphatic heterocycles. The van der Waals surface area contributed by atoms with Crippen molar-refractivity contribution < 1.29 is 0 Å². The van der Waals surface area contributed by atoms with Crippen molar-refractivity contribution in [2.45, 2.75) is 18.8 Å². The monoisotopic (exact) mass is 234 g/mol. The zero-order valence-electron chi connectivity index (χ0n) is 8.09. The lowest BCUT2D eigenvalue weighted by Crippen LogP contribution is -2.00. The normalized spacial score (nSPS) is 15.5. The molecule has 4 heteroatoms. The average molecular weight is 234 g/mol. The first-order valence-electron chi connectivity index (χ1n) is 4.98. The first-order valence-corrected chi connectivity index (χ1v) is 6.27. The van der Waals surface area contributed by atoms with E-state index in [1.165, 1.54) is 18.5 Å². The summed E-state index contributed by atoms with van der Waals surface area (Å²) in [5.41, 5.74) is 1.34. The molecule has 2 heterocycles. The average Bonchev–Trinajstić information content (AvgIpc) is 3.04. The Morgan fingerprint density at radius 2 is 2.27 bits per heavy atom. The van der Waals surface area contributed by atoms with Gasteiger partial charge in [-0.25, -0.2) is 4.98 Å². The lowest BCUT2D eigenvalue weighted by molar-refractivity contribution is 0.889. The van der Waals surface area contributed by atoms with Crippen LogP contribution in [0.25, 0.3) is 5.82 Å². The number of thiazole rings is 1. The zero-order chi connectivity index (χ0) is 10.3. The maximum Gasteiger partial charge on any atom is 0.167 e. The molecular formula is C11H10N2S2. The molecule has 0 radical (unpaired) electrons. The molecule has 0 spiro atoms. The predicted octanol–water partition coefficient (Wildman–Crippen LogP) is 3.54. The van der Waals surface area contributed by atoms with E-state index in [2.05, 4.69) is 14.9 Å². The summed E-state index contributed by atoms with van der Waals surface area (Å²) < 4.78 is 3.01. The van der Waals surface area contributed by atoms with Crippen molar-refractivity contribution in [3.63, 3.8) is 0 Å². The van der Waals surface area contributed by atoms with Gasteiger partial charge in [0, 0.05) is 23.2 Å². The van der Waals surface area contributed by atoms with Crippen LogP contribution < -0.4 is 0 Å². The quantitative estimate of drug-likeness (QED) is 0.740. The highest BCUT2D eigenvalue weighted by Crippen LogP contribution is 2.41. The standard InChI is InChI=1S/C11H10N2S2/c14-11-13(10-3-1-2-6-12-10)9(7-15-11)8-4-5-8/h1-3,6-8H,4-5H2. The highest BCUT2D eigenvalue weighted by Gasteiger charge is 2.27. The maximum atomic E-state index is 5.34. The maximum absolute atomic E-state index is 5.34. The van der Waals surface area contributed by atoms with E-state index in [4.69, 9.17) is 12.2 Å². The van der Waals surface area contributed by atoms with Crippen molar-refractivity contribution in [1.29, 1.82) is 0 Å². The molecule has 0 amide bonds. The Hall–Kier alpha value is -1.00. The first kappa shape index (κ1) is 9.24. The molecule has 2 aromatic rings. The fraction of sp³-hybridized carbons (Fsp3) is 0.273. The van der Waals surface area contributed by atoms with E-state index >= 15 is 0 Å². The minimum Gasteiger partial charge on any atom is -0.280 e. The number of hydrogen-bond donors (Lipinski definition) is 0. The molecular weight excluding hydrogens is 224 g/mol. The number of pyridine rings is 1. The third-order valence-electron chi connectivity index (χ3n) is 2.60. The van der Waals surface area contributed by atoms with E-state index < -0.39 is 0 Å². The summed E-state index contributed by atoms with van der Waals surface area (Å²) in [7, 11) is 0. The molecule has 2 nitrogen and oxygen atoms in total. The molecule has 76 valence electrons. The van der Waals surface area contributed by atoms with Gasteiger partial charge in [0.1, 0.15) is 5.82 Å². The highest BCUT2D eigenvalue weighted by molar-refractivity contribution is 7.73. The van der Waals surface area contributed by atoms with E-state index in [1.807, 2.05) is 24.4 Å². The summed E-state index contributed by atoms with van der Waals surface area (Å²) in [5.74, 6) is 1.66. The summed E-state index contributed by atoms with van der Waals surface area (Å²) in [6, 6.07) is 5.93. The van der Waals surface area contributed by atoms with Gasteiger partial charge in [-0.15, -0.1) is 11.3 Å². The lowest BCUT2D eigenvalue weighted by atomic mass is 10.3. The van der Waals surface area contributed by atoms with E-state index in [-0.39, 0.29) is 0 Å². The topological polar surface area (TPSA) is 17.8 Å². The van der Waals surface area contributed by atoms with Crippen LogP contribution in [0.1, 0.15) is 24.5 Å². The van der Waals surface area contributed by atoms with Gasteiger partial charge in [0.25, 0.3) is 0 Å². The molecule has 1 aliphatic rings. The van der Waals surface area contributed by atoms with Gasteiger partial charge in [-0.05, 0) is 37.2 Å². The van der Waals surface area contributed by atoms with E-state index in [0.29, 0.717) is 5.92 Å². The van der Waals surface area contributed by atoms with Crippen molar-refractivity contribution in [2.75, 3.05) is 0 Å². The number of nitrogens with zero attached hydrogens (tertiary/aromatic N) is 2. The molecule has 0 aromatic carbocycles. The second-order valence-electron chi connectivity index (χ2n) is 3.72. The molecule has 0 bridgehead atoms. The zero-order valence-corrected chi connectivity index (χ0v) is 9.72. The van der Waals surface area contributed by atoms with Gasteiger partial charge >= 0.3 is 0 Å². The van der Waals surface area contributed by atoms with Crippen LogP contribution in [0.15, 0.2) is 29.8 Å². The van der Waals surface area contributed by atoms with E-state index in [9.17, 15) is 0 Å². The van der Waals surface area contributed by atoms with Gasteiger partial charge in [0.05, 0.1) is 0 Å². The Labute approximate surface area is 97.2 Å². The molecule has 3 rings (SSSR count). The summed E-state index contributed by atoms with van der Waals surface area (Å²) in [4.78, 5) is 4.36. The lowest BCUT2D eigenvalue weighted by Gasteiger charge is -2.05. The molecule has 1 aliphatic carbocycles. The third kappa shape index (κ3) is 1.64.